The van der Waals surface area contributed by atoms with Gasteiger partial charge in [0.05, 0.1) is 13.2 Å². The van der Waals surface area contributed by atoms with Crippen LogP contribution in [0.25, 0.3) is 10.9 Å². The molecule has 0 saturated carbocycles. The minimum absolute atomic E-state index is 0.261. The Labute approximate surface area is 186 Å². The van der Waals surface area contributed by atoms with Gasteiger partial charge in [-0.05, 0) is 45.7 Å². The molecule has 3 aliphatic heterocycles. The van der Waals surface area contributed by atoms with Crippen LogP contribution < -0.4 is 4.74 Å². The number of methoxy groups -OCH3 is 2. The van der Waals surface area contributed by atoms with Crippen LogP contribution in [0.15, 0.2) is 29.8 Å². The minimum Gasteiger partial charge on any atom is -0.497 e. The van der Waals surface area contributed by atoms with Crippen molar-refractivity contribution in [3.05, 3.63) is 41.1 Å². The summed E-state index contributed by atoms with van der Waals surface area (Å²) in [5.41, 5.74) is 0.0713. The van der Waals surface area contributed by atoms with E-state index in [0.29, 0.717) is 24.3 Å². The maximum Gasteiger partial charge on any atom is 0.280 e. The lowest BCUT2D eigenvalue weighted by atomic mass is 9.79. The maximum atomic E-state index is 13.9. The average Bonchev–Trinajstić information content (AvgIpc) is 3.33. The van der Waals surface area contributed by atoms with Gasteiger partial charge in [-0.2, -0.15) is 0 Å². The first-order valence-electron chi connectivity index (χ1n) is 10.9. The van der Waals surface area contributed by atoms with Crippen molar-refractivity contribution < 1.29 is 24.2 Å². The standard InChI is InChI=1S/C24H29N3O5/c1-13(2)11-17-19-18(15-8-7-14(31-4)12-16(15)25-19)20(32-5)24(30)22(29)26-10-6-9-23(26,3)21(28)27(17)24/h7-8,11-12,17,20,25,30H,6,9-10H2,1-5H3/t17-,20-,23-,24-/m0/s1. The first-order valence-corrected chi connectivity index (χ1v) is 10.9. The second-order valence-electron chi connectivity index (χ2n) is 9.40. The van der Waals surface area contributed by atoms with E-state index in [4.69, 9.17) is 9.47 Å². The summed E-state index contributed by atoms with van der Waals surface area (Å²) < 4.78 is 11.2. The van der Waals surface area contributed by atoms with Gasteiger partial charge in [-0.25, -0.2) is 0 Å². The van der Waals surface area contributed by atoms with Gasteiger partial charge in [-0.3, -0.25) is 14.5 Å². The molecule has 8 nitrogen and oxygen atoms in total. The van der Waals surface area contributed by atoms with E-state index in [2.05, 4.69) is 4.98 Å². The largest absolute Gasteiger partial charge is 0.497 e. The molecule has 1 aromatic heterocycles. The number of carbonyl (C=O) groups excluding carboxylic acids is 2. The van der Waals surface area contributed by atoms with E-state index in [1.165, 1.54) is 12.0 Å². The van der Waals surface area contributed by atoms with Crippen LogP contribution in [0.3, 0.4) is 0 Å². The highest BCUT2D eigenvalue weighted by molar-refractivity contribution is 6.04. The second-order valence-corrected chi connectivity index (χ2v) is 9.40. The number of carbonyl (C=O) groups is 2. The summed E-state index contributed by atoms with van der Waals surface area (Å²) >= 11 is 0. The second kappa shape index (κ2) is 6.83. The van der Waals surface area contributed by atoms with Crippen LogP contribution in [0, 0.1) is 0 Å². The number of aromatic nitrogens is 1. The lowest BCUT2D eigenvalue weighted by Crippen LogP contribution is -2.77. The van der Waals surface area contributed by atoms with Crippen LogP contribution in [0.5, 0.6) is 5.75 Å². The normalized spacial score (nSPS) is 31.4. The third-order valence-electron chi connectivity index (χ3n) is 7.25. The molecular weight excluding hydrogens is 410 g/mol. The number of nitrogens with one attached hydrogen (secondary N) is 1. The van der Waals surface area contributed by atoms with E-state index >= 15 is 0 Å². The van der Waals surface area contributed by atoms with Crippen molar-refractivity contribution in [1.29, 1.82) is 0 Å². The van der Waals surface area contributed by atoms with Crippen molar-refractivity contribution in [1.82, 2.24) is 14.8 Å². The molecule has 5 rings (SSSR count). The number of rotatable bonds is 3. The van der Waals surface area contributed by atoms with Crippen molar-refractivity contribution in [3.63, 3.8) is 0 Å². The van der Waals surface area contributed by atoms with E-state index in [0.717, 1.165) is 28.6 Å². The molecule has 8 heteroatoms. The first kappa shape index (κ1) is 21.0. The Kier molecular flexibility index (Phi) is 4.49. The van der Waals surface area contributed by atoms with Crippen LogP contribution in [0.1, 0.15) is 57.0 Å². The first-order chi connectivity index (χ1) is 15.2. The predicted octanol–water partition coefficient (Wildman–Crippen LogP) is 2.80. The smallest absolute Gasteiger partial charge is 0.280 e. The predicted molar refractivity (Wildman–Crippen MR) is 118 cm³/mol. The Morgan fingerprint density at radius 3 is 2.66 bits per heavy atom. The number of H-pyrrole nitrogens is 1. The number of benzene rings is 1. The third-order valence-corrected chi connectivity index (χ3v) is 7.25. The monoisotopic (exact) mass is 439 g/mol. The van der Waals surface area contributed by atoms with Crippen LogP contribution in [-0.2, 0) is 14.3 Å². The number of fused-ring (bicyclic) bond motifs is 5. The number of hydrogen-bond donors (Lipinski definition) is 2. The molecule has 2 N–H and O–H groups in total. The lowest BCUT2D eigenvalue weighted by molar-refractivity contribution is -0.239. The summed E-state index contributed by atoms with van der Waals surface area (Å²) in [5.74, 6) is -0.0614. The number of nitrogens with zero attached hydrogens (tertiary/aromatic N) is 2. The molecule has 2 fully saturated rings. The molecule has 1 aromatic carbocycles. The fourth-order valence-corrected chi connectivity index (χ4v) is 5.75. The zero-order valence-electron chi connectivity index (χ0n) is 19.1. The van der Waals surface area contributed by atoms with E-state index in [1.807, 2.05) is 38.1 Å². The van der Waals surface area contributed by atoms with Crippen molar-refractivity contribution in [2.24, 2.45) is 0 Å². The number of amides is 2. The van der Waals surface area contributed by atoms with E-state index < -0.39 is 29.3 Å². The Bertz CT molecular complexity index is 1170. The molecule has 2 aromatic rings. The van der Waals surface area contributed by atoms with E-state index in [-0.39, 0.29) is 5.91 Å². The molecule has 0 spiro atoms. The van der Waals surface area contributed by atoms with Gasteiger partial charge < -0.3 is 24.5 Å². The van der Waals surface area contributed by atoms with E-state index in [1.54, 1.807) is 18.9 Å². The van der Waals surface area contributed by atoms with Crippen molar-refractivity contribution in [2.75, 3.05) is 20.8 Å². The van der Waals surface area contributed by atoms with Crippen LogP contribution in [0.2, 0.25) is 0 Å². The summed E-state index contributed by atoms with van der Waals surface area (Å²) in [5, 5.41) is 12.9. The Balaban J connectivity index is 1.84. The zero-order chi connectivity index (χ0) is 23.0. The highest BCUT2D eigenvalue weighted by atomic mass is 16.5. The molecule has 0 radical (unpaired) electrons. The summed E-state index contributed by atoms with van der Waals surface area (Å²) in [6, 6.07) is 4.96. The number of aliphatic hydroxyl groups is 1. The maximum absolute atomic E-state index is 13.9. The average molecular weight is 440 g/mol. The molecule has 4 atom stereocenters. The summed E-state index contributed by atoms with van der Waals surface area (Å²) in [6.07, 6.45) is 2.17. The number of piperazine rings is 1. The third kappa shape index (κ3) is 2.45. The topological polar surface area (TPSA) is 95.1 Å². The number of ether oxygens (including phenoxy) is 2. The van der Waals surface area contributed by atoms with Crippen molar-refractivity contribution in [3.8, 4) is 5.75 Å². The quantitative estimate of drug-likeness (QED) is 0.717. The fraction of sp³-hybridized carbons (Fsp3) is 0.500. The van der Waals surface area contributed by atoms with Gasteiger partial charge in [0.15, 0.2) is 0 Å². The van der Waals surface area contributed by atoms with Crippen LogP contribution in [0.4, 0.5) is 0 Å². The van der Waals surface area contributed by atoms with Gasteiger partial charge in [0.1, 0.15) is 17.4 Å². The molecule has 2 amide bonds. The zero-order valence-corrected chi connectivity index (χ0v) is 19.1. The Morgan fingerprint density at radius 1 is 1.25 bits per heavy atom. The number of hydrogen-bond acceptors (Lipinski definition) is 5. The molecule has 2 saturated heterocycles. The van der Waals surface area contributed by atoms with Crippen molar-refractivity contribution >= 4 is 22.7 Å². The highest BCUT2D eigenvalue weighted by Crippen LogP contribution is 2.54. The fourth-order valence-electron chi connectivity index (χ4n) is 5.75. The molecule has 32 heavy (non-hydrogen) atoms. The van der Waals surface area contributed by atoms with Crippen molar-refractivity contribution in [2.45, 2.75) is 57.0 Å². The molecule has 0 aliphatic carbocycles. The minimum atomic E-state index is -2.14. The van der Waals surface area contributed by atoms with E-state index in [9.17, 15) is 14.7 Å². The molecule has 3 aliphatic rings. The summed E-state index contributed by atoms with van der Waals surface area (Å²) in [6.45, 7) is 6.12. The summed E-state index contributed by atoms with van der Waals surface area (Å²) in [4.78, 5) is 34.1. The van der Waals surface area contributed by atoms with Gasteiger partial charge in [0, 0.05) is 41.9 Å². The lowest BCUT2D eigenvalue weighted by Gasteiger charge is -2.57. The van der Waals surface area contributed by atoms with Gasteiger partial charge >= 0.3 is 0 Å². The molecule has 0 bridgehead atoms. The Morgan fingerprint density at radius 2 is 2.00 bits per heavy atom. The molecule has 0 unspecified atom stereocenters. The van der Waals surface area contributed by atoms with Gasteiger partial charge in [-0.1, -0.05) is 11.6 Å². The molecule has 4 heterocycles. The highest BCUT2D eigenvalue weighted by Gasteiger charge is 2.69. The van der Waals surface area contributed by atoms with Gasteiger partial charge in [0.2, 0.25) is 0 Å². The van der Waals surface area contributed by atoms with Crippen LogP contribution in [-0.4, -0.2) is 63.7 Å². The van der Waals surface area contributed by atoms with Crippen LogP contribution >= 0.6 is 0 Å². The molecule has 170 valence electrons. The molecular formula is C24H29N3O5. The Hall–Kier alpha value is -2.84. The SMILES string of the molecule is COc1ccc2c3c([nH]c2c1)[C@H](C=C(C)C)N1C(=O)[C@]2(C)CCCN2C(=O)[C@@]1(O)[C@H]3OC. The summed E-state index contributed by atoms with van der Waals surface area (Å²) in [7, 11) is 3.06. The van der Waals surface area contributed by atoms with Gasteiger partial charge in [-0.15, -0.1) is 0 Å². The van der Waals surface area contributed by atoms with Gasteiger partial charge in [0.25, 0.3) is 17.5 Å². The number of allylic oxidation sites excluding steroid dienone is 1. The number of aromatic amines is 1.